The van der Waals surface area contributed by atoms with Crippen LogP contribution >= 0.6 is 0 Å². The molecule has 6 aromatic carbocycles. The van der Waals surface area contributed by atoms with E-state index in [2.05, 4.69) is 144 Å². The van der Waals surface area contributed by atoms with Gasteiger partial charge in [0.25, 0.3) is 0 Å². The van der Waals surface area contributed by atoms with Crippen LogP contribution in [0.3, 0.4) is 0 Å². The third-order valence-corrected chi connectivity index (χ3v) is 13.1. The first-order valence-electron chi connectivity index (χ1n) is 14.3. The van der Waals surface area contributed by atoms with Crippen LogP contribution in [-0.4, -0.2) is 22.6 Å². The minimum absolute atomic E-state index is 0.874. The molecule has 4 heteroatoms. The zero-order chi connectivity index (χ0) is 27.9. The summed E-state index contributed by atoms with van der Waals surface area (Å²) in [7, 11) is -2.67. The zero-order valence-electron chi connectivity index (χ0n) is 22.9. The molecular weight excluding hydrogens is 527 g/mol. The van der Waals surface area contributed by atoms with Gasteiger partial charge in [0.2, 0.25) is 0 Å². The van der Waals surface area contributed by atoms with Gasteiger partial charge in [-0.1, -0.05) is 133 Å². The highest BCUT2D eigenvalue weighted by atomic mass is 28.3. The number of aromatic nitrogens is 3. The second-order valence-electron chi connectivity index (χ2n) is 10.6. The SMILES string of the molecule is c1ccc([Si](c2ccccc2)(c2ccccc2)c2cccc(-n3c4ccccc4c4nc5ccccc5nc43)c2)cc1. The highest BCUT2D eigenvalue weighted by molar-refractivity contribution is 7.19. The van der Waals surface area contributed by atoms with Crippen LogP contribution in [0.1, 0.15) is 0 Å². The molecule has 0 aliphatic rings. The van der Waals surface area contributed by atoms with E-state index in [9.17, 15) is 0 Å². The first-order chi connectivity index (χ1) is 20.8. The molecule has 3 nitrogen and oxygen atoms in total. The topological polar surface area (TPSA) is 30.7 Å². The number of para-hydroxylation sites is 3. The van der Waals surface area contributed by atoms with Crippen molar-refractivity contribution in [3.63, 3.8) is 0 Å². The third-order valence-electron chi connectivity index (χ3n) is 8.32. The van der Waals surface area contributed by atoms with Crippen molar-refractivity contribution in [1.29, 1.82) is 0 Å². The predicted octanol–water partition coefficient (Wildman–Crippen LogP) is 6.10. The monoisotopic (exact) mass is 553 g/mol. The van der Waals surface area contributed by atoms with Crippen LogP contribution in [0, 0.1) is 0 Å². The molecule has 0 spiro atoms. The molecule has 2 aromatic heterocycles. The maximum absolute atomic E-state index is 5.17. The average Bonchev–Trinajstić information content (AvgIpc) is 3.39. The molecule has 0 aliphatic carbocycles. The van der Waals surface area contributed by atoms with Crippen molar-refractivity contribution < 1.29 is 0 Å². The molecule has 2 heterocycles. The second-order valence-corrected chi connectivity index (χ2v) is 14.4. The van der Waals surface area contributed by atoms with Gasteiger partial charge in [-0.25, -0.2) is 9.97 Å². The molecule has 8 rings (SSSR count). The Morgan fingerprint density at radius 3 is 1.55 bits per heavy atom. The van der Waals surface area contributed by atoms with Crippen LogP contribution in [0.25, 0.3) is 38.8 Å². The molecule has 0 amide bonds. The highest BCUT2D eigenvalue weighted by Crippen LogP contribution is 2.31. The number of hydrogen-bond donors (Lipinski definition) is 0. The summed E-state index contributed by atoms with van der Waals surface area (Å²) in [5.74, 6) is 0. The maximum Gasteiger partial charge on any atom is 0.179 e. The first-order valence-corrected chi connectivity index (χ1v) is 16.3. The van der Waals surface area contributed by atoms with Crippen molar-refractivity contribution in [2.75, 3.05) is 0 Å². The molecule has 0 saturated carbocycles. The van der Waals surface area contributed by atoms with Gasteiger partial charge in [-0.05, 0) is 51.1 Å². The highest BCUT2D eigenvalue weighted by Gasteiger charge is 2.41. The molecule has 0 atom stereocenters. The molecule has 0 radical (unpaired) electrons. The van der Waals surface area contributed by atoms with Gasteiger partial charge in [-0.2, -0.15) is 0 Å². The zero-order valence-corrected chi connectivity index (χ0v) is 23.9. The van der Waals surface area contributed by atoms with Gasteiger partial charge in [-0.15, -0.1) is 0 Å². The smallest absolute Gasteiger partial charge is 0.179 e. The molecule has 0 aliphatic heterocycles. The van der Waals surface area contributed by atoms with Crippen molar-refractivity contribution in [3.8, 4) is 5.69 Å². The van der Waals surface area contributed by atoms with E-state index in [0.717, 1.165) is 38.8 Å². The van der Waals surface area contributed by atoms with Crippen LogP contribution < -0.4 is 20.7 Å². The summed E-state index contributed by atoms with van der Waals surface area (Å²) in [6.07, 6.45) is 0. The van der Waals surface area contributed by atoms with E-state index >= 15 is 0 Å². The molecular formula is C38H27N3Si. The molecule has 42 heavy (non-hydrogen) atoms. The van der Waals surface area contributed by atoms with E-state index in [0.29, 0.717) is 0 Å². The van der Waals surface area contributed by atoms with Crippen LogP contribution in [0.4, 0.5) is 0 Å². The summed E-state index contributed by atoms with van der Waals surface area (Å²) in [6.45, 7) is 0. The number of fused-ring (bicyclic) bond motifs is 4. The molecule has 8 aromatic rings. The predicted molar refractivity (Wildman–Crippen MR) is 177 cm³/mol. The lowest BCUT2D eigenvalue weighted by atomic mass is 10.2. The fourth-order valence-corrected chi connectivity index (χ4v) is 11.3. The Labute approximate surface area is 245 Å². The van der Waals surface area contributed by atoms with Gasteiger partial charge in [0.05, 0.1) is 16.6 Å². The van der Waals surface area contributed by atoms with Crippen LogP contribution in [0.2, 0.25) is 0 Å². The van der Waals surface area contributed by atoms with E-state index in [-0.39, 0.29) is 0 Å². The Morgan fingerprint density at radius 1 is 0.429 bits per heavy atom. The van der Waals surface area contributed by atoms with Gasteiger partial charge in [0, 0.05) is 11.1 Å². The van der Waals surface area contributed by atoms with Gasteiger partial charge in [0.15, 0.2) is 13.7 Å². The van der Waals surface area contributed by atoms with Crippen molar-refractivity contribution in [2.45, 2.75) is 0 Å². The van der Waals surface area contributed by atoms with E-state index in [4.69, 9.17) is 9.97 Å². The maximum atomic E-state index is 5.17. The van der Waals surface area contributed by atoms with E-state index in [1.807, 2.05) is 24.3 Å². The average molecular weight is 554 g/mol. The molecule has 0 bridgehead atoms. The van der Waals surface area contributed by atoms with E-state index < -0.39 is 8.07 Å². The molecule has 0 saturated heterocycles. The quantitative estimate of drug-likeness (QED) is 0.190. The molecule has 0 fully saturated rings. The first kappa shape index (κ1) is 24.5. The van der Waals surface area contributed by atoms with Crippen molar-refractivity contribution >= 4 is 61.9 Å². The summed E-state index contributed by atoms with van der Waals surface area (Å²) in [4.78, 5) is 10.3. The Kier molecular flexibility index (Phi) is 5.80. The number of hydrogen-bond acceptors (Lipinski definition) is 2. The van der Waals surface area contributed by atoms with E-state index in [1.54, 1.807) is 0 Å². The summed E-state index contributed by atoms with van der Waals surface area (Å²) < 4.78 is 2.29. The van der Waals surface area contributed by atoms with Crippen molar-refractivity contribution in [2.24, 2.45) is 0 Å². The third kappa shape index (κ3) is 3.73. The Balaban J connectivity index is 1.47. The number of rotatable bonds is 5. The lowest BCUT2D eigenvalue weighted by Gasteiger charge is -2.34. The van der Waals surface area contributed by atoms with Crippen LogP contribution in [0.15, 0.2) is 164 Å². The van der Waals surface area contributed by atoms with Gasteiger partial charge < -0.3 is 0 Å². The van der Waals surface area contributed by atoms with E-state index in [1.165, 1.54) is 20.7 Å². The fraction of sp³-hybridized carbons (Fsp3) is 0. The largest absolute Gasteiger partial charge is 0.293 e. The summed E-state index contributed by atoms with van der Waals surface area (Å²) in [5.41, 5.74) is 5.79. The summed E-state index contributed by atoms with van der Waals surface area (Å²) in [5, 5.41) is 6.49. The minimum Gasteiger partial charge on any atom is -0.293 e. The number of benzene rings is 6. The number of nitrogens with zero attached hydrogens (tertiary/aromatic N) is 3. The standard InChI is InChI=1S/C38H27N3Si/c1-4-16-29(17-5-1)42(30-18-6-2-7-19-30,31-20-8-3-9-21-31)32-22-14-15-28(27-32)41-36-26-13-10-23-33(36)37-38(41)40-35-25-12-11-24-34(35)39-37/h1-27H. The second kappa shape index (κ2) is 9.95. The summed E-state index contributed by atoms with van der Waals surface area (Å²) >= 11 is 0. The minimum atomic E-state index is -2.67. The Hall–Kier alpha value is -5.32. The molecule has 0 N–H and O–H groups in total. The molecule has 0 unspecified atom stereocenters. The van der Waals surface area contributed by atoms with Crippen molar-refractivity contribution in [1.82, 2.24) is 14.5 Å². The van der Waals surface area contributed by atoms with Crippen molar-refractivity contribution in [3.05, 3.63) is 164 Å². The fourth-order valence-electron chi connectivity index (χ4n) is 6.51. The normalized spacial score (nSPS) is 11.8. The lowest BCUT2D eigenvalue weighted by molar-refractivity contribution is 1.14. The summed E-state index contributed by atoms with van der Waals surface area (Å²) in [6, 6.07) is 58.9. The van der Waals surface area contributed by atoms with Gasteiger partial charge >= 0.3 is 0 Å². The van der Waals surface area contributed by atoms with Gasteiger partial charge in [0.1, 0.15) is 5.52 Å². The van der Waals surface area contributed by atoms with Crippen LogP contribution in [-0.2, 0) is 0 Å². The Morgan fingerprint density at radius 2 is 0.929 bits per heavy atom. The lowest BCUT2D eigenvalue weighted by Crippen LogP contribution is -2.74. The van der Waals surface area contributed by atoms with Gasteiger partial charge in [-0.3, -0.25) is 4.57 Å². The van der Waals surface area contributed by atoms with Crippen LogP contribution in [0.5, 0.6) is 0 Å². The molecule has 198 valence electrons. The Bertz CT molecular complexity index is 2090.